The zero-order valence-electron chi connectivity index (χ0n) is 15.6. The number of halogens is 2. The fourth-order valence-electron chi connectivity index (χ4n) is 2.69. The van der Waals surface area contributed by atoms with Crippen LogP contribution in [0.15, 0.2) is 48.5 Å². The lowest BCUT2D eigenvalue weighted by molar-refractivity contribution is 0.103. The normalized spacial score (nSPS) is 14.2. The number of aliphatic hydroxyl groups excluding tert-OH is 1. The monoisotopic (exact) mass is 397 g/mol. The second-order valence-corrected chi connectivity index (χ2v) is 6.93. The van der Waals surface area contributed by atoms with E-state index in [4.69, 9.17) is 16.3 Å². The maximum Gasteiger partial charge on any atom is 0.122 e. The lowest BCUT2D eigenvalue weighted by Crippen LogP contribution is -2.33. The Labute approximate surface area is 168 Å². The van der Waals surface area contributed by atoms with E-state index in [2.05, 4.69) is 32.2 Å². The SMILES string of the molecule is CCC(C)c1ccccc1OCC(O)CNC(C)c1cccc(Cl)c1.Cl. The number of benzene rings is 2. The smallest absolute Gasteiger partial charge is 0.122 e. The van der Waals surface area contributed by atoms with Gasteiger partial charge in [0.25, 0.3) is 0 Å². The van der Waals surface area contributed by atoms with Gasteiger partial charge >= 0.3 is 0 Å². The Bertz CT molecular complexity index is 666. The molecule has 0 saturated carbocycles. The molecule has 0 amide bonds. The summed E-state index contributed by atoms with van der Waals surface area (Å²) in [5, 5.41) is 14.3. The summed E-state index contributed by atoms with van der Waals surface area (Å²) in [5.41, 5.74) is 2.29. The van der Waals surface area contributed by atoms with Gasteiger partial charge in [0.15, 0.2) is 0 Å². The first-order valence-corrected chi connectivity index (χ1v) is 9.27. The quantitative estimate of drug-likeness (QED) is 0.597. The van der Waals surface area contributed by atoms with Crippen molar-refractivity contribution in [2.24, 2.45) is 0 Å². The third-order valence-corrected chi connectivity index (χ3v) is 4.74. The first-order chi connectivity index (χ1) is 12.0. The van der Waals surface area contributed by atoms with E-state index >= 15 is 0 Å². The standard InChI is InChI=1S/C21H28ClNO2.ClH/c1-4-15(2)20-10-5-6-11-21(20)25-14-19(24)13-23-16(3)17-8-7-9-18(22)12-17;/h5-12,15-16,19,23-24H,4,13-14H2,1-3H3;1H. The highest BCUT2D eigenvalue weighted by molar-refractivity contribution is 6.30. The molecule has 0 bridgehead atoms. The van der Waals surface area contributed by atoms with Crippen molar-refractivity contribution in [3.63, 3.8) is 0 Å². The van der Waals surface area contributed by atoms with E-state index in [9.17, 15) is 5.11 Å². The molecule has 144 valence electrons. The summed E-state index contributed by atoms with van der Waals surface area (Å²) in [6.45, 7) is 7.13. The van der Waals surface area contributed by atoms with E-state index in [0.29, 0.717) is 12.5 Å². The molecule has 2 N–H and O–H groups in total. The van der Waals surface area contributed by atoms with E-state index in [-0.39, 0.29) is 25.1 Å². The maximum absolute atomic E-state index is 10.2. The van der Waals surface area contributed by atoms with E-state index in [0.717, 1.165) is 22.8 Å². The number of ether oxygens (including phenoxy) is 1. The molecular formula is C21H29Cl2NO2. The van der Waals surface area contributed by atoms with Gasteiger partial charge < -0.3 is 15.2 Å². The van der Waals surface area contributed by atoms with Gasteiger partial charge in [-0.1, -0.05) is 55.8 Å². The van der Waals surface area contributed by atoms with Gasteiger partial charge in [0.2, 0.25) is 0 Å². The lowest BCUT2D eigenvalue weighted by Gasteiger charge is -2.20. The van der Waals surface area contributed by atoms with Gasteiger partial charge in [0.05, 0.1) is 0 Å². The van der Waals surface area contributed by atoms with Gasteiger partial charge in [0, 0.05) is 17.6 Å². The molecule has 0 aliphatic rings. The van der Waals surface area contributed by atoms with Crippen molar-refractivity contribution in [3.8, 4) is 5.75 Å². The van der Waals surface area contributed by atoms with Crippen LogP contribution in [0.3, 0.4) is 0 Å². The van der Waals surface area contributed by atoms with Gasteiger partial charge in [-0.15, -0.1) is 12.4 Å². The molecule has 26 heavy (non-hydrogen) atoms. The Balaban J connectivity index is 0.00000338. The molecular weight excluding hydrogens is 369 g/mol. The molecule has 0 fully saturated rings. The molecule has 3 unspecified atom stereocenters. The van der Waals surface area contributed by atoms with Crippen LogP contribution < -0.4 is 10.1 Å². The molecule has 3 nitrogen and oxygen atoms in total. The van der Waals surface area contributed by atoms with E-state index in [1.54, 1.807) is 0 Å². The number of para-hydroxylation sites is 1. The maximum atomic E-state index is 10.2. The first kappa shape index (κ1) is 22.8. The fraction of sp³-hybridized carbons (Fsp3) is 0.429. The van der Waals surface area contributed by atoms with Crippen LogP contribution in [0.4, 0.5) is 0 Å². The minimum absolute atomic E-state index is 0. The van der Waals surface area contributed by atoms with Gasteiger partial charge in [0.1, 0.15) is 18.5 Å². The van der Waals surface area contributed by atoms with Crippen LogP contribution in [0, 0.1) is 0 Å². The van der Waals surface area contributed by atoms with Gasteiger partial charge in [-0.3, -0.25) is 0 Å². The Morgan fingerprint density at radius 1 is 1.12 bits per heavy atom. The summed E-state index contributed by atoms with van der Waals surface area (Å²) in [6, 6.07) is 15.9. The van der Waals surface area contributed by atoms with E-state index < -0.39 is 6.10 Å². The summed E-state index contributed by atoms with van der Waals surface area (Å²) in [4.78, 5) is 0. The van der Waals surface area contributed by atoms with E-state index in [1.807, 2.05) is 42.5 Å². The van der Waals surface area contributed by atoms with Crippen LogP contribution in [0.25, 0.3) is 0 Å². The summed E-state index contributed by atoms with van der Waals surface area (Å²) in [7, 11) is 0. The number of nitrogens with one attached hydrogen (secondary N) is 1. The van der Waals surface area contributed by atoms with Crippen LogP contribution in [0.1, 0.15) is 50.3 Å². The zero-order chi connectivity index (χ0) is 18.2. The summed E-state index contributed by atoms with van der Waals surface area (Å²) in [5.74, 6) is 1.30. The van der Waals surface area contributed by atoms with Crippen LogP contribution in [0.2, 0.25) is 5.02 Å². The van der Waals surface area contributed by atoms with Gasteiger partial charge in [-0.05, 0) is 48.6 Å². The number of rotatable bonds is 9. The number of aliphatic hydroxyl groups is 1. The third kappa shape index (κ3) is 6.81. The number of hydrogen-bond donors (Lipinski definition) is 2. The van der Waals surface area contributed by atoms with E-state index in [1.165, 1.54) is 5.56 Å². The topological polar surface area (TPSA) is 41.5 Å². The molecule has 0 aliphatic heterocycles. The third-order valence-electron chi connectivity index (χ3n) is 4.50. The summed E-state index contributed by atoms with van der Waals surface area (Å²) in [6.07, 6.45) is 0.480. The molecule has 2 rings (SSSR count). The minimum Gasteiger partial charge on any atom is -0.491 e. The van der Waals surface area contributed by atoms with Crippen molar-refractivity contribution < 1.29 is 9.84 Å². The van der Waals surface area contributed by atoms with Crippen LogP contribution in [-0.2, 0) is 0 Å². The lowest BCUT2D eigenvalue weighted by atomic mass is 9.98. The largest absolute Gasteiger partial charge is 0.491 e. The van der Waals surface area contributed by atoms with Gasteiger partial charge in [-0.2, -0.15) is 0 Å². The van der Waals surface area contributed by atoms with Crippen molar-refractivity contribution in [2.45, 2.75) is 45.3 Å². The first-order valence-electron chi connectivity index (χ1n) is 8.89. The Morgan fingerprint density at radius 2 is 1.85 bits per heavy atom. The average Bonchev–Trinajstić information content (AvgIpc) is 2.64. The van der Waals surface area contributed by atoms with Crippen LogP contribution >= 0.6 is 24.0 Å². The highest BCUT2D eigenvalue weighted by Gasteiger charge is 2.13. The van der Waals surface area contributed by atoms with Gasteiger partial charge in [-0.25, -0.2) is 0 Å². The molecule has 0 heterocycles. The van der Waals surface area contributed by atoms with Crippen molar-refractivity contribution in [2.75, 3.05) is 13.2 Å². The Morgan fingerprint density at radius 3 is 2.54 bits per heavy atom. The molecule has 0 aromatic heterocycles. The fourth-order valence-corrected chi connectivity index (χ4v) is 2.89. The average molecular weight is 398 g/mol. The Hall–Kier alpha value is -1.26. The Kier molecular flexibility index (Phi) is 10.0. The highest BCUT2D eigenvalue weighted by Crippen LogP contribution is 2.28. The molecule has 3 atom stereocenters. The second kappa shape index (κ2) is 11.5. The molecule has 0 spiro atoms. The molecule has 2 aromatic carbocycles. The molecule has 0 radical (unpaired) electrons. The summed E-state index contributed by atoms with van der Waals surface area (Å²) < 4.78 is 5.87. The van der Waals surface area contributed by atoms with Crippen molar-refractivity contribution in [3.05, 3.63) is 64.7 Å². The number of hydrogen-bond acceptors (Lipinski definition) is 3. The highest BCUT2D eigenvalue weighted by atomic mass is 35.5. The second-order valence-electron chi connectivity index (χ2n) is 6.50. The summed E-state index contributed by atoms with van der Waals surface area (Å²) >= 11 is 6.02. The van der Waals surface area contributed by atoms with Crippen LogP contribution in [-0.4, -0.2) is 24.4 Å². The predicted molar refractivity (Wildman–Crippen MR) is 112 cm³/mol. The van der Waals surface area contributed by atoms with Crippen molar-refractivity contribution in [1.82, 2.24) is 5.32 Å². The predicted octanol–water partition coefficient (Wildman–Crippen LogP) is 5.37. The van der Waals surface area contributed by atoms with Crippen molar-refractivity contribution in [1.29, 1.82) is 0 Å². The minimum atomic E-state index is -0.577. The molecule has 5 heteroatoms. The van der Waals surface area contributed by atoms with Crippen LogP contribution in [0.5, 0.6) is 5.75 Å². The van der Waals surface area contributed by atoms with Crippen molar-refractivity contribution >= 4 is 24.0 Å². The molecule has 0 aliphatic carbocycles. The zero-order valence-corrected chi connectivity index (χ0v) is 17.2. The molecule has 0 saturated heterocycles. The molecule has 2 aromatic rings.